The second-order valence-corrected chi connectivity index (χ2v) is 5.62. The minimum atomic E-state index is -0.863. The summed E-state index contributed by atoms with van der Waals surface area (Å²) in [5.74, 6) is 0.605. The maximum atomic E-state index is 11.8. The van der Waals surface area contributed by atoms with Crippen LogP contribution in [0.5, 0.6) is 0 Å². The molecule has 4 nitrogen and oxygen atoms in total. The number of thioether (sulfide) groups is 1. The van der Waals surface area contributed by atoms with Gasteiger partial charge < -0.3 is 10.0 Å². The van der Waals surface area contributed by atoms with Gasteiger partial charge in [0.1, 0.15) is 0 Å². The molecule has 1 saturated heterocycles. The Bertz CT molecular complexity index is 260. The zero-order valence-electron chi connectivity index (χ0n) is 9.81. The highest BCUT2D eigenvalue weighted by Gasteiger charge is 2.25. The molecule has 5 heteroatoms. The van der Waals surface area contributed by atoms with Gasteiger partial charge in [-0.1, -0.05) is 13.8 Å². The molecule has 2 atom stereocenters. The Morgan fingerprint density at radius 2 is 1.81 bits per heavy atom. The van der Waals surface area contributed by atoms with E-state index in [0.29, 0.717) is 11.8 Å². The molecule has 16 heavy (non-hydrogen) atoms. The molecule has 0 spiro atoms. The number of carbonyl (C=O) groups excluding carboxylic acids is 1. The first-order valence-electron chi connectivity index (χ1n) is 5.56. The zero-order valence-corrected chi connectivity index (χ0v) is 10.6. The molecule has 0 aromatic carbocycles. The van der Waals surface area contributed by atoms with Crippen molar-refractivity contribution >= 4 is 23.6 Å². The molecule has 1 heterocycles. The molecular weight excluding hydrogens is 226 g/mol. The van der Waals surface area contributed by atoms with Crippen molar-refractivity contribution in [2.75, 3.05) is 24.6 Å². The van der Waals surface area contributed by atoms with Crippen LogP contribution in [0, 0.1) is 11.8 Å². The molecule has 0 saturated carbocycles. The maximum absolute atomic E-state index is 11.8. The zero-order chi connectivity index (χ0) is 12.1. The molecule has 1 aliphatic rings. The van der Waals surface area contributed by atoms with Crippen LogP contribution >= 0.6 is 11.8 Å². The van der Waals surface area contributed by atoms with Crippen LogP contribution in [0.1, 0.15) is 20.3 Å². The lowest BCUT2D eigenvalue weighted by Gasteiger charge is -2.35. The number of amides is 1. The highest BCUT2D eigenvalue weighted by atomic mass is 32.2. The van der Waals surface area contributed by atoms with E-state index in [9.17, 15) is 9.59 Å². The number of piperidine rings is 1. The number of hydrogen-bond acceptors (Lipinski definition) is 3. The van der Waals surface area contributed by atoms with E-state index in [-0.39, 0.29) is 17.4 Å². The first-order chi connectivity index (χ1) is 7.49. The Kier molecular flexibility index (Phi) is 5.12. The van der Waals surface area contributed by atoms with Gasteiger partial charge >= 0.3 is 5.97 Å². The Morgan fingerprint density at radius 3 is 2.31 bits per heavy atom. The summed E-state index contributed by atoms with van der Waals surface area (Å²) < 4.78 is 0. The van der Waals surface area contributed by atoms with E-state index in [2.05, 4.69) is 13.8 Å². The molecule has 92 valence electrons. The topological polar surface area (TPSA) is 57.6 Å². The highest BCUT2D eigenvalue weighted by Crippen LogP contribution is 2.21. The van der Waals surface area contributed by atoms with Crippen LogP contribution in [0.15, 0.2) is 0 Å². The van der Waals surface area contributed by atoms with Crippen molar-refractivity contribution in [3.63, 3.8) is 0 Å². The third-order valence-electron chi connectivity index (χ3n) is 2.67. The minimum Gasteiger partial charge on any atom is -0.481 e. The third kappa shape index (κ3) is 4.43. The molecule has 1 aliphatic heterocycles. The molecular formula is C11H19NO3S. The van der Waals surface area contributed by atoms with Gasteiger partial charge in [-0.2, -0.15) is 0 Å². The summed E-state index contributed by atoms with van der Waals surface area (Å²) >= 11 is 1.17. The van der Waals surface area contributed by atoms with Gasteiger partial charge in [0.05, 0.1) is 11.5 Å². The van der Waals surface area contributed by atoms with Crippen LogP contribution in [0.25, 0.3) is 0 Å². The quantitative estimate of drug-likeness (QED) is 0.811. The van der Waals surface area contributed by atoms with E-state index < -0.39 is 5.97 Å². The summed E-state index contributed by atoms with van der Waals surface area (Å²) in [5.41, 5.74) is 0. The van der Waals surface area contributed by atoms with Gasteiger partial charge in [0.25, 0.3) is 0 Å². The van der Waals surface area contributed by atoms with Crippen molar-refractivity contribution in [2.45, 2.75) is 20.3 Å². The first-order valence-corrected chi connectivity index (χ1v) is 6.71. The lowest BCUT2D eigenvalue weighted by Crippen LogP contribution is -2.43. The van der Waals surface area contributed by atoms with Crippen molar-refractivity contribution in [1.82, 2.24) is 4.90 Å². The standard InChI is InChI=1S/C11H19NO3S/c1-8-3-9(2)5-12(4-8)10(13)6-16-7-11(14)15/h8-9H,3-7H2,1-2H3,(H,14,15). The third-order valence-corrected chi connectivity index (χ3v) is 3.57. The predicted molar refractivity (Wildman–Crippen MR) is 64.5 cm³/mol. The lowest BCUT2D eigenvalue weighted by atomic mass is 9.92. The molecule has 0 aromatic rings. The predicted octanol–water partition coefficient (Wildman–Crippen LogP) is 1.31. The molecule has 2 unspecified atom stereocenters. The average Bonchev–Trinajstić information content (AvgIpc) is 2.15. The summed E-state index contributed by atoms with van der Waals surface area (Å²) in [4.78, 5) is 24.0. The maximum Gasteiger partial charge on any atom is 0.313 e. The van der Waals surface area contributed by atoms with Crippen molar-refractivity contribution < 1.29 is 14.7 Å². The van der Waals surface area contributed by atoms with Crippen LogP contribution in [0.2, 0.25) is 0 Å². The smallest absolute Gasteiger partial charge is 0.313 e. The van der Waals surface area contributed by atoms with Crippen LogP contribution in [-0.4, -0.2) is 46.5 Å². The van der Waals surface area contributed by atoms with Gasteiger partial charge in [0, 0.05) is 13.1 Å². The molecule has 0 radical (unpaired) electrons. The molecule has 1 fully saturated rings. The summed E-state index contributed by atoms with van der Waals surface area (Å²) in [6, 6.07) is 0. The van der Waals surface area contributed by atoms with Gasteiger partial charge in [0.15, 0.2) is 0 Å². The molecule has 0 aliphatic carbocycles. The molecule has 1 amide bonds. The van der Waals surface area contributed by atoms with E-state index in [0.717, 1.165) is 13.1 Å². The first kappa shape index (κ1) is 13.4. The number of carboxylic acid groups (broad SMARTS) is 1. The number of hydrogen-bond donors (Lipinski definition) is 1. The fourth-order valence-corrected chi connectivity index (χ4v) is 2.82. The van der Waals surface area contributed by atoms with Gasteiger partial charge in [-0.15, -0.1) is 11.8 Å². The largest absolute Gasteiger partial charge is 0.481 e. The van der Waals surface area contributed by atoms with E-state index in [1.807, 2.05) is 4.90 Å². The number of likely N-dealkylation sites (tertiary alicyclic amines) is 1. The SMILES string of the molecule is CC1CC(C)CN(C(=O)CSCC(=O)O)C1. The van der Waals surface area contributed by atoms with Crippen molar-refractivity contribution in [2.24, 2.45) is 11.8 Å². The van der Waals surface area contributed by atoms with Crippen LogP contribution in [-0.2, 0) is 9.59 Å². The normalized spacial score (nSPS) is 25.5. The Labute approximate surface area is 100 Å². The summed E-state index contributed by atoms with van der Waals surface area (Å²) in [6.07, 6.45) is 1.17. The van der Waals surface area contributed by atoms with E-state index in [1.165, 1.54) is 18.2 Å². The average molecular weight is 245 g/mol. The molecule has 0 aromatic heterocycles. The van der Waals surface area contributed by atoms with E-state index >= 15 is 0 Å². The Hall–Kier alpha value is -0.710. The number of carbonyl (C=O) groups is 2. The monoisotopic (exact) mass is 245 g/mol. The van der Waals surface area contributed by atoms with Crippen molar-refractivity contribution in [3.05, 3.63) is 0 Å². The van der Waals surface area contributed by atoms with Crippen LogP contribution in [0.4, 0.5) is 0 Å². The highest BCUT2D eigenvalue weighted by molar-refractivity contribution is 8.00. The molecule has 1 N–H and O–H groups in total. The Balaban J connectivity index is 2.32. The second kappa shape index (κ2) is 6.13. The number of rotatable bonds is 4. The fraction of sp³-hybridized carbons (Fsp3) is 0.818. The molecule has 1 rings (SSSR count). The van der Waals surface area contributed by atoms with E-state index in [4.69, 9.17) is 5.11 Å². The van der Waals surface area contributed by atoms with Gasteiger partial charge in [-0.3, -0.25) is 9.59 Å². The van der Waals surface area contributed by atoms with E-state index in [1.54, 1.807) is 0 Å². The lowest BCUT2D eigenvalue weighted by molar-refractivity contribution is -0.133. The number of aliphatic carboxylic acids is 1. The summed E-state index contributed by atoms with van der Waals surface area (Å²) in [5, 5.41) is 8.48. The van der Waals surface area contributed by atoms with Crippen molar-refractivity contribution in [1.29, 1.82) is 0 Å². The Morgan fingerprint density at radius 1 is 1.25 bits per heavy atom. The fourth-order valence-electron chi connectivity index (χ4n) is 2.18. The van der Waals surface area contributed by atoms with Gasteiger partial charge in [0.2, 0.25) is 5.91 Å². The van der Waals surface area contributed by atoms with Crippen LogP contribution < -0.4 is 0 Å². The van der Waals surface area contributed by atoms with Crippen LogP contribution in [0.3, 0.4) is 0 Å². The molecule has 0 bridgehead atoms. The minimum absolute atomic E-state index is 0.00465. The van der Waals surface area contributed by atoms with Crippen molar-refractivity contribution in [3.8, 4) is 0 Å². The van der Waals surface area contributed by atoms with Gasteiger partial charge in [-0.25, -0.2) is 0 Å². The summed E-state index contributed by atoms with van der Waals surface area (Å²) in [7, 11) is 0. The summed E-state index contributed by atoms with van der Waals surface area (Å²) in [6.45, 7) is 5.94. The van der Waals surface area contributed by atoms with Gasteiger partial charge in [-0.05, 0) is 18.3 Å². The number of nitrogens with zero attached hydrogens (tertiary/aromatic N) is 1. The second-order valence-electron chi connectivity index (χ2n) is 4.63. The number of carboxylic acids is 1.